The summed E-state index contributed by atoms with van der Waals surface area (Å²) in [6.07, 6.45) is 0. The smallest absolute Gasteiger partial charge is 0.193 e. The topological polar surface area (TPSA) is 53.6 Å². The monoisotopic (exact) mass is 142 g/mol. The summed E-state index contributed by atoms with van der Waals surface area (Å²) in [7, 11) is 2.02. The van der Waals surface area contributed by atoms with Gasteiger partial charge >= 0.3 is 0 Å². The van der Waals surface area contributed by atoms with Crippen LogP contribution in [0.5, 0.6) is 0 Å². The largest absolute Gasteiger partial charge is 0.355 e. The van der Waals surface area contributed by atoms with Gasteiger partial charge in [0.25, 0.3) is 0 Å². The van der Waals surface area contributed by atoms with Crippen LogP contribution in [0.3, 0.4) is 0 Å². The third kappa shape index (κ3) is 1.60. The molecule has 0 radical (unpaired) electrons. The first-order valence-corrected chi connectivity index (χ1v) is 3.54. The van der Waals surface area contributed by atoms with Gasteiger partial charge in [0.1, 0.15) is 0 Å². The van der Waals surface area contributed by atoms with E-state index < -0.39 is 0 Å². The van der Waals surface area contributed by atoms with E-state index in [0.29, 0.717) is 6.54 Å². The number of rotatable bonds is 2. The lowest BCUT2D eigenvalue weighted by molar-refractivity contribution is 0.535. The Morgan fingerprint density at radius 1 is 1.80 bits per heavy atom. The zero-order valence-corrected chi connectivity index (χ0v) is 6.30. The van der Waals surface area contributed by atoms with E-state index in [0.717, 1.165) is 25.6 Å². The fourth-order valence-corrected chi connectivity index (χ4v) is 0.907. The quantitative estimate of drug-likeness (QED) is 0.511. The number of nitrogens with zero attached hydrogens (tertiary/aromatic N) is 2. The van der Waals surface area contributed by atoms with E-state index in [9.17, 15) is 0 Å². The van der Waals surface area contributed by atoms with Crippen LogP contribution in [-0.2, 0) is 0 Å². The standard InChI is InChI=1S/C6H14N4/c1-10-5-4-9-6(10)8-3-2-7/h2-5,7H2,1H3,(H,8,9). The highest BCUT2D eigenvalue weighted by Gasteiger charge is 2.09. The predicted molar refractivity (Wildman–Crippen MR) is 42.0 cm³/mol. The second kappa shape index (κ2) is 3.41. The highest BCUT2D eigenvalue weighted by molar-refractivity contribution is 5.81. The second-order valence-electron chi connectivity index (χ2n) is 2.34. The van der Waals surface area contributed by atoms with Gasteiger partial charge in [0, 0.05) is 26.7 Å². The Morgan fingerprint density at radius 2 is 2.60 bits per heavy atom. The molecule has 4 heteroatoms. The summed E-state index contributed by atoms with van der Waals surface area (Å²) >= 11 is 0. The Kier molecular flexibility index (Phi) is 2.50. The Morgan fingerprint density at radius 3 is 3.10 bits per heavy atom. The lowest BCUT2D eigenvalue weighted by Gasteiger charge is -2.13. The Labute approximate surface area is 61.1 Å². The minimum atomic E-state index is 0.660. The van der Waals surface area contributed by atoms with E-state index in [4.69, 9.17) is 5.73 Å². The molecule has 1 aliphatic heterocycles. The maximum absolute atomic E-state index is 5.32. The molecule has 1 rings (SSSR count). The molecule has 0 aromatic heterocycles. The average molecular weight is 142 g/mol. The van der Waals surface area contributed by atoms with Gasteiger partial charge in [-0.15, -0.1) is 0 Å². The van der Waals surface area contributed by atoms with Crippen molar-refractivity contribution in [1.82, 2.24) is 10.2 Å². The van der Waals surface area contributed by atoms with Crippen LogP contribution in [0.4, 0.5) is 0 Å². The number of guanidine groups is 1. The SMILES string of the molecule is CN1CCN=C1NCCN. The van der Waals surface area contributed by atoms with Crippen LogP contribution in [0.15, 0.2) is 4.99 Å². The molecule has 1 aliphatic rings. The lowest BCUT2D eigenvalue weighted by Crippen LogP contribution is -2.38. The molecule has 0 saturated heterocycles. The summed E-state index contributed by atoms with van der Waals surface area (Å²) in [5.41, 5.74) is 5.32. The summed E-state index contributed by atoms with van der Waals surface area (Å²) in [6, 6.07) is 0. The van der Waals surface area contributed by atoms with Crippen molar-refractivity contribution in [3.8, 4) is 0 Å². The Hall–Kier alpha value is -0.770. The predicted octanol–water partition coefficient (Wildman–Crippen LogP) is -1.16. The van der Waals surface area contributed by atoms with Crippen molar-refractivity contribution in [2.24, 2.45) is 10.7 Å². The molecule has 1 heterocycles. The highest BCUT2D eigenvalue weighted by Crippen LogP contribution is 1.93. The van der Waals surface area contributed by atoms with Gasteiger partial charge in [-0.05, 0) is 0 Å². The van der Waals surface area contributed by atoms with Crippen LogP contribution in [0.2, 0.25) is 0 Å². The van der Waals surface area contributed by atoms with Crippen molar-refractivity contribution >= 4 is 5.96 Å². The van der Waals surface area contributed by atoms with E-state index in [1.54, 1.807) is 0 Å². The van der Waals surface area contributed by atoms with E-state index >= 15 is 0 Å². The molecule has 4 nitrogen and oxygen atoms in total. The number of hydrogen-bond donors (Lipinski definition) is 2. The fraction of sp³-hybridized carbons (Fsp3) is 0.833. The average Bonchev–Trinajstić information content (AvgIpc) is 2.31. The molecule has 0 unspecified atom stereocenters. The van der Waals surface area contributed by atoms with Crippen molar-refractivity contribution in [3.63, 3.8) is 0 Å². The summed E-state index contributed by atoms with van der Waals surface area (Å²) in [4.78, 5) is 6.32. The molecule has 3 N–H and O–H groups in total. The van der Waals surface area contributed by atoms with Crippen LogP contribution in [-0.4, -0.2) is 44.1 Å². The zero-order chi connectivity index (χ0) is 7.40. The van der Waals surface area contributed by atoms with Crippen molar-refractivity contribution in [2.45, 2.75) is 0 Å². The Balaban J connectivity index is 2.26. The van der Waals surface area contributed by atoms with Crippen molar-refractivity contribution in [1.29, 1.82) is 0 Å². The molecule has 0 aromatic carbocycles. The maximum atomic E-state index is 5.32. The van der Waals surface area contributed by atoms with Crippen LogP contribution in [0, 0.1) is 0 Å². The van der Waals surface area contributed by atoms with Gasteiger partial charge in [0.05, 0.1) is 6.54 Å². The number of nitrogens with two attached hydrogens (primary N) is 1. The molecule has 0 aromatic rings. The van der Waals surface area contributed by atoms with Gasteiger partial charge in [-0.3, -0.25) is 4.99 Å². The molecule has 0 atom stereocenters. The van der Waals surface area contributed by atoms with Crippen LogP contribution >= 0.6 is 0 Å². The fourth-order valence-electron chi connectivity index (χ4n) is 0.907. The molecule has 0 saturated carbocycles. The third-order valence-electron chi connectivity index (χ3n) is 1.49. The third-order valence-corrected chi connectivity index (χ3v) is 1.49. The van der Waals surface area contributed by atoms with Gasteiger partial charge in [0.2, 0.25) is 0 Å². The molecule has 58 valence electrons. The van der Waals surface area contributed by atoms with Gasteiger partial charge in [-0.25, -0.2) is 0 Å². The van der Waals surface area contributed by atoms with Crippen molar-refractivity contribution < 1.29 is 0 Å². The number of likely N-dealkylation sites (N-methyl/N-ethyl adjacent to an activating group) is 1. The van der Waals surface area contributed by atoms with Gasteiger partial charge in [-0.1, -0.05) is 0 Å². The van der Waals surface area contributed by atoms with Crippen LogP contribution in [0.25, 0.3) is 0 Å². The first-order chi connectivity index (χ1) is 4.84. The summed E-state index contributed by atoms with van der Waals surface area (Å²) in [5.74, 6) is 0.977. The second-order valence-corrected chi connectivity index (χ2v) is 2.34. The van der Waals surface area contributed by atoms with E-state index in [1.165, 1.54) is 0 Å². The lowest BCUT2D eigenvalue weighted by atomic mass is 10.6. The zero-order valence-electron chi connectivity index (χ0n) is 6.30. The normalized spacial score (nSPS) is 17.4. The van der Waals surface area contributed by atoms with Gasteiger partial charge in [0.15, 0.2) is 5.96 Å². The van der Waals surface area contributed by atoms with Crippen molar-refractivity contribution in [3.05, 3.63) is 0 Å². The molecule has 0 bridgehead atoms. The van der Waals surface area contributed by atoms with E-state index in [-0.39, 0.29) is 0 Å². The van der Waals surface area contributed by atoms with Crippen LogP contribution < -0.4 is 11.1 Å². The molecule has 0 amide bonds. The number of aliphatic imine (C=N–C) groups is 1. The maximum Gasteiger partial charge on any atom is 0.193 e. The minimum absolute atomic E-state index is 0.660. The van der Waals surface area contributed by atoms with Crippen LogP contribution in [0.1, 0.15) is 0 Å². The molecular formula is C6H14N4. The van der Waals surface area contributed by atoms with E-state index in [1.807, 2.05) is 7.05 Å². The minimum Gasteiger partial charge on any atom is -0.355 e. The number of nitrogens with one attached hydrogen (secondary N) is 1. The molecule has 0 aliphatic carbocycles. The molecular weight excluding hydrogens is 128 g/mol. The highest BCUT2D eigenvalue weighted by atomic mass is 15.3. The first kappa shape index (κ1) is 7.34. The van der Waals surface area contributed by atoms with Crippen molar-refractivity contribution in [2.75, 3.05) is 33.2 Å². The van der Waals surface area contributed by atoms with Gasteiger partial charge < -0.3 is 16.0 Å². The molecule has 0 spiro atoms. The van der Waals surface area contributed by atoms with Gasteiger partial charge in [-0.2, -0.15) is 0 Å². The summed E-state index contributed by atoms with van der Waals surface area (Å²) in [5, 5.41) is 3.13. The summed E-state index contributed by atoms with van der Waals surface area (Å²) < 4.78 is 0. The van der Waals surface area contributed by atoms with E-state index in [2.05, 4.69) is 15.2 Å². The first-order valence-electron chi connectivity index (χ1n) is 3.54. The number of hydrogen-bond acceptors (Lipinski definition) is 4. The summed E-state index contributed by atoms with van der Waals surface area (Å²) in [6.45, 7) is 3.40. The Bertz CT molecular complexity index is 132. The molecule has 10 heavy (non-hydrogen) atoms. The molecule has 0 fully saturated rings.